The molecular formula is C21H25N3O. The Morgan fingerprint density at radius 2 is 1.84 bits per heavy atom. The second kappa shape index (κ2) is 6.98. The van der Waals surface area contributed by atoms with Gasteiger partial charge in [-0.25, -0.2) is 0 Å². The van der Waals surface area contributed by atoms with E-state index in [1.807, 2.05) is 30.1 Å². The minimum Gasteiger partial charge on any atom is -0.326 e. The smallest absolute Gasteiger partial charge is 0.255 e. The number of carbonyl (C=O) groups excluding carboxylic acids is 1. The number of amides is 1. The fourth-order valence-electron chi connectivity index (χ4n) is 4.08. The van der Waals surface area contributed by atoms with E-state index in [9.17, 15) is 4.79 Å². The van der Waals surface area contributed by atoms with Crippen LogP contribution in [-0.4, -0.2) is 36.6 Å². The van der Waals surface area contributed by atoms with Crippen LogP contribution in [0.2, 0.25) is 0 Å². The molecule has 4 rings (SSSR count). The molecule has 0 spiro atoms. The number of rotatable bonds is 3. The third kappa shape index (κ3) is 3.20. The van der Waals surface area contributed by atoms with Crippen molar-refractivity contribution >= 4 is 5.91 Å². The highest BCUT2D eigenvalue weighted by Crippen LogP contribution is 2.27. The van der Waals surface area contributed by atoms with Gasteiger partial charge in [0.25, 0.3) is 5.91 Å². The molecule has 2 aliphatic rings. The summed E-state index contributed by atoms with van der Waals surface area (Å²) in [7, 11) is 1.91. The summed E-state index contributed by atoms with van der Waals surface area (Å²) in [5, 5.41) is 7.42. The maximum absolute atomic E-state index is 12.7. The van der Waals surface area contributed by atoms with Gasteiger partial charge in [-0.1, -0.05) is 48.5 Å². The van der Waals surface area contributed by atoms with E-state index < -0.39 is 0 Å². The zero-order chi connectivity index (χ0) is 17.2. The van der Waals surface area contributed by atoms with Crippen LogP contribution in [0.4, 0.5) is 0 Å². The third-order valence-electron chi connectivity index (χ3n) is 5.47. The van der Waals surface area contributed by atoms with Crippen LogP contribution in [0.3, 0.4) is 0 Å². The number of nitrogens with one attached hydrogen (secondary N) is 2. The molecule has 2 aromatic rings. The summed E-state index contributed by atoms with van der Waals surface area (Å²) in [6.07, 6.45) is 3.17. The van der Waals surface area contributed by atoms with Crippen LogP contribution >= 0.6 is 0 Å². The van der Waals surface area contributed by atoms with Crippen molar-refractivity contribution in [2.75, 3.05) is 13.6 Å². The minimum absolute atomic E-state index is 0.0403. The maximum atomic E-state index is 12.7. The molecule has 0 aliphatic carbocycles. The molecule has 0 bridgehead atoms. The Kier molecular flexibility index (Phi) is 4.55. The van der Waals surface area contributed by atoms with Crippen molar-refractivity contribution < 1.29 is 4.79 Å². The summed E-state index contributed by atoms with van der Waals surface area (Å²) >= 11 is 0. The Morgan fingerprint density at radius 1 is 1.08 bits per heavy atom. The van der Waals surface area contributed by atoms with Gasteiger partial charge in [-0.3, -0.25) is 10.1 Å². The standard InChI is InChI=1S/C21H25N3O/c1-24-19(14-16-10-5-6-11-17(16)21(24)25)23-18-12-7-13-22-20(18)15-8-3-2-4-9-15/h2-6,8-11,18-20,22-23H,7,12-14H2,1H3. The molecule has 2 heterocycles. The molecular weight excluding hydrogens is 310 g/mol. The average molecular weight is 335 g/mol. The quantitative estimate of drug-likeness (QED) is 0.906. The maximum Gasteiger partial charge on any atom is 0.255 e. The van der Waals surface area contributed by atoms with Gasteiger partial charge in [0.1, 0.15) is 0 Å². The predicted molar refractivity (Wildman–Crippen MR) is 99.4 cm³/mol. The first-order chi connectivity index (χ1) is 12.2. The molecule has 1 amide bonds. The van der Waals surface area contributed by atoms with Crippen molar-refractivity contribution in [1.29, 1.82) is 0 Å². The van der Waals surface area contributed by atoms with Crippen molar-refractivity contribution in [3.63, 3.8) is 0 Å². The van der Waals surface area contributed by atoms with E-state index in [1.165, 1.54) is 5.56 Å². The molecule has 2 aromatic carbocycles. The Bertz CT molecular complexity index is 746. The fourth-order valence-corrected chi connectivity index (χ4v) is 4.08. The number of likely N-dealkylation sites (N-methyl/N-ethyl adjacent to an activating group) is 1. The molecule has 0 radical (unpaired) electrons. The molecule has 25 heavy (non-hydrogen) atoms. The molecule has 1 fully saturated rings. The SMILES string of the molecule is CN1C(=O)c2ccccc2CC1NC1CCCNC1c1ccccc1. The van der Waals surface area contributed by atoms with E-state index >= 15 is 0 Å². The monoisotopic (exact) mass is 335 g/mol. The normalized spacial score (nSPS) is 26.4. The highest BCUT2D eigenvalue weighted by Gasteiger charge is 2.34. The number of hydrogen-bond acceptors (Lipinski definition) is 3. The lowest BCUT2D eigenvalue weighted by atomic mass is 9.90. The molecule has 0 saturated carbocycles. The third-order valence-corrected chi connectivity index (χ3v) is 5.47. The largest absolute Gasteiger partial charge is 0.326 e. The topological polar surface area (TPSA) is 44.4 Å². The molecule has 1 saturated heterocycles. The number of piperidine rings is 1. The van der Waals surface area contributed by atoms with Crippen LogP contribution in [0.15, 0.2) is 54.6 Å². The number of nitrogens with zero attached hydrogens (tertiary/aromatic N) is 1. The lowest BCUT2D eigenvalue weighted by molar-refractivity contribution is 0.0640. The van der Waals surface area contributed by atoms with E-state index in [0.29, 0.717) is 6.04 Å². The van der Waals surface area contributed by atoms with Crippen LogP contribution in [0.25, 0.3) is 0 Å². The van der Waals surface area contributed by atoms with Crippen LogP contribution < -0.4 is 10.6 Å². The highest BCUT2D eigenvalue weighted by atomic mass is 16.2. The lowest BCUT2D eigenvalue weighted by Crippen LogP contribution is -2.57. The molecule has 0 aromatic heterocycles. The van der Waals surface area contributed by atoms with Gasteiger partial charge < -0.3 is 10.2 Å². The van der Waals surface area contributed by atoms with Crippen molar-refractivity contribution in [2.24, 2.45) is 0 Å². The summed E-state index contributed by atoms with van der Waals surface area (Å²) in [4.78, 5) is 14.6. The summed E-state index contributed by atoms with van der Waals surface area (Å²) in [5.74, 6) is 0.111. The van der Waals surface area contributed by atoms with Crippen molar-refractivity contribution in [3.8, 4) is 0 Å². The summed E-state index contributed by atoms with van der Waals surface area (Å²) in [6.45, 7) is 1.04. The molecule has 4 nitrogen and oxygen atoms in total. The molecule has 4 heteroatoms. The van der Waals surface area contributed by atoms with Gasteiger partial charge in [-0.15, -0.1) is 0 Å². The Hall–Kier alpha value is -2.17. The van der Waals surface area contributed by atoms with Gasteiger partial charge in [-0.2, -0.15) is 0 Å². The van der Waals surface area contributed by atoms with E-state index in [-0.39, 0.29) is 18.1 Å². The number of fused-ring (bicyclic) bond motifs is 1. The summed E-state index contributed by atoms with van der Waals surface area (Å²) in [5.41, 5.74) is 3.29. The average Bonchev–Trinajstić information content (AvgIpc) is 2.67. The molecule has 3 unspecified atom stereocenters. The summed E-state index contributed by atoms with van der Waals surface area (Å²) < 4.78 is 0. The highest BCUT2D eigenvalue weighted by molar-refractivity contribution is 5.96. The minimum atomic E-state index is 0.0403. The first-order valence-corrected chi connectivity index (χ1v) is 9.13. The van der Waals surface area contributed by atoms with Crippen molar-refractivity contribution in [3.05, 3.63) is 71.3 Å². The number of hydrogen-bond donors (Lipinski definition) is 2. The zero-order valence-corrected chi connectivity index (χ0v) is 14.6. The first kappa shape index (κ1) is 16.3. The van der Waals surface area contributed by atoms with Gasteiger partial charge >= 0.3 is 0 Å². The van der Waals surface area contributed by atoms with Crippen LogP contribution in [0.5, 0.6) is 0 Å². The first-order valence-electron chi connectivity index (χ1n) is 9.13. The van der Waals surface area contributed by atoms with Gasteiger partial charge in [0.15, 0.2) is 0 Å². The molecule has 130 valence electrons. The van der Waals surface area contributed by atoms with Crippen molar-refractivity contribution in [1.82, 2.24) is 15.5 Å². The Balaban J connectivity index is 1.55. The van der Waals surface area contributed by atoms with E-state index in [1.54, 1.807) is 0 Å². The fraction of sp³-hybridized carbons (Fsp3) is 0.381. The second-order valence-electron chi connectivity index (χ2n) is 7.05. The zero-order valence-electron chi connectivity index (χ0n) is 14.6. The van der Waals surface area contributed by atoms with Crippen LogP contribution in [0, 0.1) is 0 Å². The summed E-state index contributed by atoms with van der Waals surface area (Å²) in [6, 6.07) is 19.2. The van der Waals surface area contributed by atoms with Gasteiger partial charge in [0, 0.05) is 31.1 Å². The molecule has 2 N–H and O–H groups in total. The number of benzene rings is 2. The van der Waals surface area contributed by atoms with Gasteiger partial charge in [0.05, 0.1) is 6.17 Å². The number of carbonyl (C=O) groups is 1. The predicted octanol–water partition coefficient (Wildman–Crippen LogP) is 2.72. The van der Waals surface area contributed by atoms with Crippen molar-refractivity contribution in [2.45, 2.75) is 37.5 Å². The van der Waals surface area contributed by atoms with Crippen LogP contribution in [0.1, 0.15) is 40.4 Å². The lowest BCUT2D eigenvalue weighted by Gasteiger charge is -2.41. The van der Waals surface area contributed by atoms with E-state index in [0.717, 1.165) is 36.9 Å². The van der Waals surface area contributed by atoms with Gasteiger partial charge in [0.2, 0.25) is 0 Å². The second-order valence-corrected chi connectivity index (χ2v) is 7.05. The Labute approximate surface area is 149 Å². The molecule has 2 aliphatic heterocycles. The molecule has 3 atom stereocenters. The van der Waals surface area contributed by atoms with Gasteiger partial charge in [-0.05, 0) is 36.6 Å². The Morgan fingerprint density at radius 3 is 2.68 bits per heavy atom. The van der Waals surface area contributed by atoms with E-state index in [4.69, 9.17) is 0 Å². The van der Waals surface area contributed by atoms with E-state index in [2.05, 4.69) is 47.0 Å². The van der Waals surface area contributed by atoms with Crippen LogP contribution in [-0.2, 0) is 6.42 Å².